The second kappa shape index (κ2) is 2.78. The molecule has 2 rings (SSSR count). The highest BCUT2D eigenvalue weighted by Gasteiger charge is 2.17. The third-order valence-corrected chi connectivity index (χ3v) is 1.51. The molecule has 0 aliphatic carbocycles. The molecule has 0 bridgehead atoms. The molecule has 2 N–H and O–H groups in total. The summed E-state index contributed by atoms with van der Waals surface area (Å²) in [6.45, 7) is 0.302. The topological polar surface area (TPSA) is 57.3 Å². The van der Waals surface area contributed by atoms with Gasteiger partial charge in [-0.05, 0) is 12.1 Å². The number of carbonyl (C=O) groups excluding carboxylic acids is 1. The van der Waals surface area contributed by atoms with E-state index in [1.165, 1.54) is 5.12 Å². The largest absolute Gasteiger partial charge is 0.272 e. The van der Waals surface area contributed by atoms with Crippen LogP contribution in [0.1, 0.15) is 0 Å². The molecule has 1 fully saturated rings. The summed E-state index contributed by atoms with van der Waals surface area (Å²) in [6.07, 6.45) is 1.67. The Labute approximate surface area is 69.3 Å². The maximum absolute atomic E-state index is 10.8. The van der Waals surface area contributed by atoms with E-state index in [1.54, 1.807) is 12.3 Å². The van der Waals surface area contributed by atoms with Gasteiger partial charge in [0, 0.05) is 6.20 Å². The average molecular weight is 164 g/mol. The molecule has 12 heavy (non-hydrogen) atoms. The molecule has 0 aromatic carbocycles. The van der Waals surface area contributed by atoms with Crippen LogP contribution in [0.4, 0.5) is 5.82 Å². The lowest BCUT2D eigenvalue weighted by Gasteiger charge is -2.14. The van der Waals surface area contributed by atoms with Crippen molar-refractivity contribution in [2.24, 2.45) is 0 Å². The normalized spacial score (nSPS) is 16.3. The highest BCUT2D eigenvalue weighted by Crippen LogP contribution is 2.05. The zero-order valence-corrected chi connectivity index (χ0v) is 6.32. The lowest BCUT2D eigenvalue weighted by Crippen LogP contribution is -2.39. The number of pyridine rings is 1. The van der Waals surface area contributed by atoms with Gasteiger partial charge in [0.05, 0.1) is 6.54 Å². The molecular weight excluding hydrogens is 156 g/mol. The molecule has 1 aromatic heterocycles. The molecule has 0 radical (unpaired) electrons. The van der Waals surface area contributed by atoms with E-state index in [2.05, 4.69) is 15.8 Å². The van der Waals surface area contributed by atoms with Crippen molar-refractivity contribution in [1.29, 1.82) is 0 Å². The van der Waals surface area contributed by atoms with Crippen LogP contribution in [0.3, 0.4) is 0 Å². The van der Waals surface area contributed by atoms with Crippen LogP contribution in [-0.2, 0) is 4.79 Å². The highest BCUT2D eigenvalue weighted by atomic mass is 16.2. The summed E-state index contributed by atoms with van der Waals surface area (Å²) in [5.74, 6) is 0.629. The van der Waals surface area contributed by atoms with E-state index in [-0.39, 0.29) is 5.91 Å². The molecule has 62 valence electrons. The highest BCUT2D eigenvalue weighted by molar-refractivity contribution is 5.82. The lowest BCUT2D eigenvalue weighted by molar-refractivity contribution is -0.118. The van der Waals surface area contributed by atoms with Gasteiger partial charge in [0.25, 0.3) is 5.91 Å². The van der Waals surface area contributed by atoms with Gasteiger partial charge in [-0.1, -0.05) is 6.07 Å². The van der Waals surface area contributed by atoms with Crippen molar-refractivity contribution in [1.82, 2.24) is 15.8 Å². The molecule has 0 atom stereocenters. The quantitative estimate of drug-likeness (QED) is 0.584. The SMILES string of the molecule is O=C1CNN(c2ccccn2)N1. The Bertz CT molecular complexity index is 287. The molecular formula is C7H8N4O. The minimum atomic E-state index is -0.0550. The zero-order valence-electron chi connectivity index (χ0n) is 6.32. The van der Waals surface area contributed by atoms with E-state index in [1.807, 2.05) is 12.1 Å². The maximum Gasteiger partial charge on any atom is 0.255 e. The van der Waals surface area contributed by atoms with Crippen molar-refractivity contribution < 1.29 is 4.79 Å². The van der Waals surface area contributed by atoms with Crippen molar-refractivity contribution >= 4 is 11.7 Å². The minimum absolute atomic E-state index is 0.0550. The first-order valence-corrected chi connectivity index (χ1v) is 3.60. The molecule has 1 aliphatic rings. The Morgan fingerprint density at radius 3 is 3.00 bits per heavy atom. The smallest absolute Gasteiger partial charge is 0.255 e. The predicted octanol–water partition coefficient (Wildman–Crippen LogP) is -0.563. The first kappa shape index (κ1) is 7.05. The Morgan fingerprint density at radius 2 is 2.42 bits per heavy atom. The lowest BCUT2D eigenvalue weighted by atomic mass is 10.5. The Kier molecular flexibility index (Phi) is 1.64. The number of hydrogen-bond donors (Lipinski definition) is 2. The van der Waals surface area contributed by atoms with Gasteiger partial charge in [-0.25, -0.2) is 10.4 Å². The summed E-state index contributed by atoms with van der Waals surface area (Å²) in [6, 6.07) is 5.48. The van der Waals surface area contributed by atoms with Crippen LogP contribution in [0.15, 0.2) is 24.4 Å². The first-order chi connectivity index (χ1) is 5.86. The number of aromatic nitrogens is 1. The third kappa shape index (κ3) is 1.22. The van der Waals surface area contributed by atoms with Gasteiger partial charge >= 0.3 is 0 Å². The Morgan fingerprint density at radius 1 is 1.50 bits per heavy atom. The first-order valence-electron chi connectivity index (χ1n) is 3.60. The molecule has 0 spiro atoms. The monoisotopic (exact) mass is 164 g/mol. The van der Waals surface area contributed by atoms with E-state index in [0.717, 1.165) is 0 Å². The van der Waals surface area contributed by atoms with E-state index < -0.39 is 0 Å². The summed E-state index contributed by atoms with van der Waals surface area (Å²) in [4.78, 5) is 14.8. The van der Waals surface area contributed by atoms with Gasteiger partial charge in [-0.15, -0.1) is 0 Å². The molecule has 2 heterocycles. The predicted molar refractivity (Wildman–Crippen MR) is 42.9 cm³/mol. The van der Waals surface area contributed by atoms with Gasteiger partial charge in [-0.2, -0.15) is 5.12 Å². The third-order valence-electron chi connectivity index (χ3n) is 1.51. The average Bonchev–Trinajstić information content (AvgIpc) is 2.54. The van der Waals surface area contributed by atoms with Crippen LogP contribution in [0, 0.1) is 0 Å². The van der Waals surface area contributed by atoms with Gasteiger partial charge in [0.1, 0.15) is 0 Å². The fourth-order valence-electron chi connectivity index (χ4n) is 0.979. The van der Waals surface area contributed by atoms with Crippen LogP contribution in [0.25, 0.3) is 0 Å². The van der Waals surface area contributed by atoms with Crippen LogP contribution >= 0.6 is 0 Å². The van der Waals surface area contributed by atoms with Crippen molar-refractivity contribution in [3.05, 3.63) is 24.4 Å². The molecule has 5 nitrogen and oxygen atoms in total. The van der Waals surface area contributed by atoms with Crippen LogP contribution in [0.2, 0.25) is 0 Å². The van der Waals surface area contributed by atoms with Crippen LogP contribution < -0.4 is 16.0 Å². The molecule has 0 saturated carbocycles. The number of nitrogens with one attached hydrogen (secondary N) is 2. The number of nitrogens with zero attached hydrogens (tertiary/aromatic N) is 2. The standard InChI is InChI=1S/C7H8N4O/c12-7-5-9-11(10-7)6-3-1-2-4-8-6/h1-4,9H,5H2,(H,10,12). The summed E-state index contributed by atoms with van der Waals surface area (Å²) in [7, 11) is 0. The number of hydrogen-bond acceptors (Lipinski definition) is 4. The molecule has 1 aliphatic heterocycles. The number of amides is 1. The van der Waals surface area contributed by atoms with Crippen molar-refractivity contribution in [3.63, 3.8) is 0 Å². The van der Waals surface area contributed by atoms with Gasteiger partial charge in [0.2, 0.25) is 0 Å². The summed E-state index contributed by atoms with van der Waals surface area (Å²) in [5.41, 5.74) is 5.42. The molecule has 5 heteroatoms. The van der Waals surface area contributed by atoms with Crippen molar-refractivity contribution in [2.45, 2.75) is 0 Å². The number of anilines is 1. The minimum Gasteiger partial charge on any atom is -0.272 e. The fraction of sp³-hybridized carbons (Fsp3) is 0.143. The van der Waals surface area contributed by atoms with Gasteiger partial charge < -0.3 is 0 Å². The van der Waals surface area contributed by atoms with E-state index in [4.69, 9.17) is 0 Å². The Hall–Kier alpha value is -1.62. The van der Waals surface area contributed by atoms with Gasteiger partial charge in [0.15, 0.2) is 5.82 Å². The van der Waals surface area contributed by atoms with Crippen molar-refractivity contribution in [2.75, 3.05) is 11.7 Å². The molecule has 1 saturated heterocycles. The summed E-state index contributed by atoms with van der Waals surface area (Å²) < 4.78 is 0. The second-order valence-corrected chi connectivity index (χ2v) is 2.39. The molecule has 0 unspecified atom stereocenters. The van der Waals surface area contributed by atoms with E-state index in [0.29, 0.717) is 12.4 Å². The van der Waals surface area contributed by atoms with Gasteiger partial charge in [-0.3, -0.25) is 10.2 Å². The molecule has 1 aromatic rings. The van der Waals surface area contributed by atoms with Crippen LogP contribution in [-0.4, -0.2) is 17.4 Å². The molecule has 1 amide bonds. The number of rotatable bonds is 1. The van der Waals surface area contributed by atoms with Crippen molar-refractivity contribution in [3.8, 4) is 0 Å². The van der Waals surface area contributed by atoms with Crippen LogP contribution in [0.5, 0.6) is 0 Å². The van der Waals surface area contributed by atoms with E-state index >= 15 is 0 Å². The zero-order chi connectivity index (χ0) is 8.39. The second-order valence-electron chi connectivity index (χ2n) is 2.39. The number of hydrazine groups is 2. The Balaban J connectivity index is 2.16. The van der Waals surface area contributed by atoms with E-state index in [9.17, 15) is 4.79 Å². The summed E-state index contributed by atoms with van der Waals surface area (Å²) in [5, 5.41) is 1.50. The number of carbonyl (C=O) groups is 1. The maximum atomic E-state index is 10.8. The fourth-order valence-corrected chi connectivity index (χ4v) is 0.979. The summed E-state index contributed by atoms with van der Waals surface area (Å²) >= 11 is 0.